The molecule has 4 nitrogen and oxygen atoms in total. The number of halogens is 1. The van der Waals surface area contributed by atoms with Crippen LogP contribution in [-0.4, -0.2) is 4.98 Å². The quantitative estimate of drug-likeness (QED) is 0.660. The van der Waals surface area contributed by atoms with Crippen molar-refractivity contribution in [1.82, 2.24) is 4.98 Å². The molecule has 1 aromatic carbocycles. The SMILES string of the molecule is N#CC(C#N)=CNc1ccc2cnc(Cl)cc2c1. The van der Waals surface area contributed by atoms with Crippen LogP contribution in [0.4, 0.5) is 5.69 Å². The molecule has 0 unspecified atom stereocenters. The first-order chi connectivity index (χ1) is 8.72. The molecule has 0 atom stereocenters. The minimum atomic E-state index is 0.0165. The lowest BCUT2D eigenvalue weighted by atomic mass is 10.1. The number of hydrogen-bond acceptors (Lipinski definition) is 4. The molecule has 86 valence electrons. The van der Waals surface area contributed by atoms with Crippen molar-refractivity contribution in [3.05, 3.63) is 47.4 Å². The van der Waals surface area contributed by atoms with E-state index in [-0.39, 0.29) is 5.57 Å². The number of aromatic nitrogens is 1. The Labute approximate surface area is 109 Å². The number of allylic oxidation sites excluding steroid dienone is 1. The highest BCUT2D eigenvalue weighted by Crippen LogP contribution is 2.21. The van der Waals surface area contributed by atoms with Crippen LogP contribution < -0.4 is 5.32 Å². The standard InChI is InChI=1S/C13H7ClN4/c14-13-4-11-3-12(2-1-10(11)8-18-13)17-7-9(5-15)6-16/h1-4,7-8,17H. The van der Waals surface area contributed by atoms with Crippen molar-refractivity contribution in [3.8, 4) is 12.1 Å². The molecule has 0 spiro atoms. The van der Waals surface area contributed by atoms with Crippen LogP contribution in [0.15, 0.2) is 42.2 Å². The van der Waals surface area contributed by atoms with Gasteiger partial charge in [0.15, 0.2) is 0 Å². The van der Waals surface area contributed by atoms with Crippen molar-refractivity contribution in [1.29, 1.82) is 10.5 Å². The molecule has 0 radical (unpaired) electrons. The number of benzene rings is 1. The molecule has 0 aliphatic heterocycles. The minimum absolute atomic E-state index is 0.0165. The van der Waals surface area contributed by atoms with Crippen LogP contribution >= 0.6 is 11.6 Å². The van der Waals surface area contributed by atoms with E-state index in [1.807, 2.05) is 18.2 Å². The minimum Gasteiger partial charge on any atom is -0.360 e. The fourth-order valence-corrected chi connectivity index (χ4v) is 1.62. The molecule has 0 amide bonds. The van der Waals surface area contributed by atoms with Crippen molar-refractivity contribution >= 4 is 28.1 Å². The van der Waals surface area contributed by atoms with Gasteiger partial charge in [-0.05, 0) is 23.6 Å². The van der Waals surface area contributed by atoms with Gasteiger partial charge in [-0.15, -0.1) is 0 Å². The zero-order valence-electron chi connectivity index (χ0n) is 9.18. The lowest BCUT2D eigenvalue weighted by Gasteiger charge is -2.03. The highest BCUT2D eigenvalue weighted by Gasteiger charge is 1.98. The molecule has 0 aliphatic rings. The van der Waals surface area contributed by atoms with Gasteiger partial charge in [-0.2, -0.15) is 10.5 Å². The third-order valence-corrected chi connectivity index (χ3v) is 2.52. The smallest absolute Gasteiger partial charge is 0.145 e. The Morgan fingerprint density at radius 1 is 1.22 bits per heavy atom. The van der Waals surface area contributed by atoms with Crippen LogP contribution in [0.2, 0.25) is 5.15 Å². The zero-order valence-corrected chi connectivity index (χ0v) is 9.94. The van der Waals surface area contributed by atoms with Gasteiger partial charge in [0.1, 0.15) is 22.9 Å². The summed E-state index contributed by atoms with van der Waals surface area (Å²) in [5, 5.41) is 22.4. The number of rotatable bonds is 2. The first-order valence-electron chi connectivity index (χ1n) is 5.05. The summed E-state index contributed by atoms with van der Waals surface area (Å²) in [6.07, 6.45) is 3.05. The molecule has 0 fully saturated rings. The maximum atomic E-state index is 8.61. The second-order valence-electron chi connectivity index (χ2n) is 3.49. The van der Waals surface area contributed by atoms with Crippen LogP contribution in [0.1, 0.15) is 0 Å². The van der Waals surface area contributed by atoms with Crippen molar-refractivity contribution in [2.24, 2.45) is 0 Å². The van der Waals surface area contributed by atoms with Crippen LogP contribution in [0, 0.1) is 22.7 Å². The number of hydrogen-bond donors (Lipinski definition) is 1. The number of fused-ring (bicyclic) bond motifs is 1. The summed E-state index contributed by atoms with van der Waals surface area (Å²) in [6.45, 7) is 0. The predicted molar refractivity (Wildman–Crippen MR) is 69.7 cm³/mol. The average molecular weight is 255 g/mol. The molecule has 2 rings (SSSR count). The summed E-state index contributed by atoms with van der Waals surface area (Å²) < 4.78 is 0. The largest absolute Gasteiger partial charge is 0.360 e. The first kappa shape index (κ1) is 11.9. The molecule has 1 heterocycles. The summed E-state index contributed by atoms with van der Waals surface area (Å²) >= 11 is 5.81. The summed E-state index contributed by atoms with van der Waals surface area (Å²) in [6, 6.07) is 10.9. The van der Waals surface area contributed by atoms with Gasteiger partial charge in [0.25, 0.3) is 0 Å². The van der Waals surface area contributed by atoms with Gasteiger partial charge in [-0.3, -0.25) is 0 Å². The van der Waals surface area contributed by atoms with Gasteiger partial charge in [0.2, 0.25) is 0 Å². The topological polar surface area (TPSA) is 72.5 Å². The second-order valence-corrected chi connectivity index (χ2v) is 3.88. The van der Waals surface area contributed by atoms with E-state index in [4.69, 9.17) is 22.1 Å². The van der Waals surface area contributed by atoms with Gasteiger partial charge < -0.3 is 5.32 Å². The number of nitriles is 2. The maximum Gasteiger partial charge on any atom is 0.145 e. The van der Waals surface area contributed by atoms with E-state index in [2.05, 4.69) is 10.3 Å². The molecule has 0 saturated heterocycles. The lowest BCUT2D eigenvalue weighted by molar-refractivity contribution is 1.36. The molecule has 0 bridgehead atoms. The monoisotopic (exact) mass is 254 g/mol. The molecular formula is C13H7ClN4. The van der Waals surface area contributed by atoms with Gasteiger partial charge in [0, 0.05) is 23.5 Å². The van der Waals surface area contributed by atoms with E-state index in [1.165, 1.54) is 6.20 Å². The van der Waals surface area contributed by atoms with E-state index in [0.717, 1.165) is 16.5 Å². The first-order valence-corrected chi connectivity index (χ1v) is 5.43. The fraction of sp³-hybridized carbons (Fsp3) is 0. The third kappa shape index (κ3) is 2.57. The Kier molecular flexibility index (Phi) is 3.43. The van der Waals surface area contributed by atoms with Gasteiger partial charge in [-0.1, -0.05) is 17.7 Å². The fourth-order valence-electron chi connectivity index (χ4n) is 1.45. The van der Waals surface area contributed by atoms with Crippen LogP contribution in [0.25, 0.3) is 10.8 Å². The Bertz CT molecular complexity index is 691. The van der Waals surface area contributed by atoms with E-state index >= 15 is 0 Å². The van der Waals surface area contributed by atoms with E-state index in [0.29, 0.717) is 5.15 Å². The van der Waals surface area contributed by atoms with Gasteiger partial charge in [-0.25, -0.2) is 4.98 Å². The van der Waals surface area contributed by atoms with E-state index in [9.17, 15) is 0 Å². The normalized spacial score (nSPS) is 9.28. The zero-order chi connectivity index (χ0) is 13.0. The highest BCUT2D eigenvalue weighted by atomic mass is 35.5. The van der Waals surface area contributed by atoms with E-state index < -0.39 is 0 Å². The van der Waals surface area contributed by atoms with Gasteiger partial charge >= 0.3 is 0 Å². The number of anilines is 1. The van der Waals surface area contributed by atoms with Crippen LogP contribution in [0.3, 0.4) is 0 Å². The molecule has 2 aromatic rings. The predicted octanol–water partition coefficient (Wildman–Crippen LogP) is 3.23. The maximum absolute atomic E-state index is 8.61. The Hall–Kier alpha value is -2.56. The molecule has 5 heteroatoms. The Balaban J connectivity index is 2.34. The van der Waals surface area contributed by atoms with Gasteiger partial charge in [0.05, 0.1) is 0 Å². The van der Waals surface area contributed by atoms with Crippen molar-refractivity contribution < 1.29 is 0 Å². The number of nitrogens with zero attached hydrogens (tertiary/aromatic N) is 3. The van der Waals surface area contributed by atoms with Crippen LogP contribution in [-0.2, 0) is 0 Å². The van der Waals surface area contributed by atoms with Crippen molar-refractivity contribution in [2.45, 2.75) is 0 Å². The summed E-state index contributed by atoms with van der Waals surface area (Å²) in [5.74, 6) is 0. The molecule has 1 N–H and O–H groups in total. The number of nitrogens with one attached hydrogen (secondary N) is 1. The van der Waals surface area contributed by atoms with Crippen molar-refractivity contribution in [2.75, 3.05) is 5.32 Å². The summed E-state index contributed by atoms with van der Waals surface area (Å²) in [4.78, 5) is 3.98. The second kappa shape index (κ2) is 5.18. The molecular weight excluding hydrogens is 248 g/mol. The molecule has 1 aromatic heterocycles. The molecule has 18 heavy (non-hydrogen) atoms. The lowest BCUT2D eigenvalue weighted by Crippen LogP contribution is -1.90. The molecule has 0 saturated carbocycles. The van der Waals surface area contributed by atoms with Crippen LogP contribution in [0.5, 0.6) is 0 Å². The molecule has 0 aliphatic carbocycles. The number of pyridine rings is 1. The average Bonchev–Trinajstić information content (AvgIpc) is 2.39. The Morgan fingerprint density at radius 3 is 2.72 bits per heavy atom. The summed E-state index contributed by atoms with van der Waals surface area (Å²) in [7, 11) is 0. The Morgan fingerprint density at radius 2 is 2.00 bits per heavy atom. The third-order valence-electron chi connectivity index (χ3n) is 2.31. The van der Waals surface area contributed by atoms with Crippen molar-refractivity contribution in [3.63, 3.8) is 0 Å². The van der Waals surface area contributed by atoms with E-state index in [1.54, 1.807) is 24.4 Å². The highest BCUT2D eigenvalue weighted by molar-refractivity contribution is 6.30. The summed E-state index contributed by atoms with van der Waals surface area (Å²) in [5.41, 5.74) is 0.788.